The van der Waals surface area contributed by atoms with Gasteiger partial charge in [-0.2, -0.15) is 14.0 Å². The van der Waals surface area contributed by atoms with Crippen LogP contribution in [-0.4, -0.2) is 24.6 Å². The molecule has 0 heterocycles. The maximum absolute atomic E-state index is 12.0. The van der Waals surface area contributed by atoms with E-state index in [1.807, 2.05) is 13.8 Å². The molecule has 120 valence electrons. The van der Waals surface area contributed by atoms with Gasteiger partial charge in [0, 0.05) is 5.69 Å². The van der Waals surface area contributed by atoms with Gasteiger partial charge in [0.15, 0.2) is 0 Å². The van der Waals surface area contributed by atoms with Gasteiger partial charge in [0.05, 0.1) is 12.6 Å². The van der Waals surface area contributed by atoms with E-state index in [0.29, 0.717) is 5.69 Å². The summed E-state index contributed by atoms with van der Waals surface area (Å²) in [5.74, 6) is -0.320. The van der Waals surface area contributed by atoms with E-state index < -0.39 is 12.2 Å². The molecule has 0 saturated carbocycles. The Morgan fingerprint density at radius 2 is 1.95 bits per heavy atom. The molecule has 0 bridgehead atoms. The van der Waals surface area contributed by atoms with E-state index in [1.165, 1.54) is 24.3 Å². The Kier molecular flexibility index (Phi) is 6.11. The molecule has 1 atom stereocenters. The van der Waals surface area contributed by atoms with Crippen molar-refractivity contribution in [2.24, 2.45) is 5.92 Å². The first-order chi connectivity index (χ1) is 10.3. The summed E-state index contributed by atoms with van der Waals surface area (Å²) in [6, 6.07) is 7.88. The van der Waals surface area contributed by atoms with Crippen LogP contribution in [0.2, 0.25) is 0 Å². The SMILES string of the molecule is CC(C)[C@](C)(C#N)NC(=O)CNc1ccc(OC(F)F)cc1. The van der Waals surface area contributed by atoms with Crippen molar-refractivity contribution >= 4 is 11.6 Å². The van der Waals surface area contributed by atoms with Gasteiger partial charge in [-0.3, -0.25) is 4.79 Å². The highest BCUT2D eigenvalue weighted by Crippen LogP contribution is 2.18. The van der Waals surface area contributed by atoms with Crippen LogP contribution in [0.1, 0.15) is 20.8 Å². The number of carbonyl (C=O) groups is 1. The zero-order chi connectivity index (χ0) is 16.8. The molecular weight excluding hydrogens is 292 g/mol. The second kappa shape index (κ2) is 7.59. The lowest BCUT2D eigenvalue weighted by Crippen LogP contribution is -2.50. The average molecular weight is 311 g/mol. The Labute approximate surface area is 128 Å². The standard InChI is InChI=1S/C15H19F2N3O2/c1-10(2)15(3,9-18)20-13(21)8-19-11-4-6-12(7-5-11)22-14(16)17/h4-7,10,14,19H,8H2,1-3H3,(H,20,21)/t15-/m0/s1. The normalized spacial score (nSPS) is 13.4. The zero-order valence-corrected chi connectivity index (χ0v) is 12.7. The summed E-state index contributed by atoms with van der Waals surface area (Å²) in [6.07, 6.45) is 0. The highest BCUT2D eigenvalue weighted by atomic mass is 19.3. The van der Waals surface area contributed by atoms with Crippen molar-refractivity contribution in [3.05, 3.63) is 24.3 Å². The second-order valence-corrected chi connectivity index (χ2v) is 5.27. The summed E-state index contributed by atoms with van der Waals surface area (Å²) in [5.41, 5.74) is -0.353. The molecule has 5 nitrogen and oxygen atoms in total. The first kappa shape index (κ1) is 17.7. The maximum Gasteiger partial charge on any atom is 0.387 e. The molecule has 22 heavy (non-hydrogen) atoms. The largest absolute Gasteiger partial charge is 0.435 e. The van der Waals surface area contributed by atoms with Crippen molar-refractivity contribution in [3.63, 3.8) is 0 Å². The van der Waals surface area contributed by atoms with Crippen LogP contribution in [0.15, 0.2) is 24.3 Å². The molecule has 1 aromatic rings. The second-order valence-electron chi connectivity index (χ2n) is 5.27. The van der Waals surface area contributed by atoms with Crippen molar-refractivity contribution in [2.45, 2.75) is 32.9 Å². The number of hydrogen-bond donors (Lipinski definition) is 2. The fraction of sp³-hybridized carbons (Fsp3) is 0.467. The van der Waals surface area contributed by atoms with Crippen molar-refractivity contribution in [1.82, 2.24) is 5.32 Å². The number of amides is 1. The van der Waals surface area contributed by atoms with Crippen molar-refractivity contribution in [3.8, 4) is 11.8 Å². The Balaban J connectivity index is 2.52. The molecule has 0 radical (unpaired) electrons. The number of benzene rings is 1. The van der Waals surface area contributed by atoms with E-state index in [2.05, 4.69) is 21.4 Å². The predicted octanol–water partition coefficient (Wildman–Crippen LogP) is 2.75. The van der Waals surface area contributed by atoms with Crippen LogP contribution in [0.5, 0.6) is 5.75 Å². The number of rotatable bonds is 7. The van der Waals surface area contributed by atoms with Gasteiger partial charge in [-0.05, 0) is 37.1 Å². The molecule has 1 amide bonds. The van der Waals surface area contributed by atoms with Gasteiger partial charge in [-0.15, -0.1) is 0 Å². The van der Waals surface area contributed by atoms with E-state index in [1.54, 1.807) is 6.92 Å². The lowest BCUT2D eigenvalue weighted by molar-refractivity contribution is -0.121. The molecule has 2 N–H and O–H groups in total. The number of carbonyl (C=O) groups excluding carboxylic acids is 1. The number of anilines is 1. The molecule has 0 saturated heterocycles. The molecule has 7 heteroatoms. The Hall–Kier alpha value is -2.36. The van der Waals surface area contributed by atoms with E-state index >= 15 is 0 Å². The van der Waals surface area contributed by atoms with Gasteiger partial charge >= 0.3 is 6.61 Å². The van der Waals surface area contributed by atoms with E-state index in [-0.39, 0.29) is 24.1 Å². The third-order valence-corrected chi connectivity index (χ3v) is 3.32. The summed E-state index contributed by atoms with van der Waals surface area (Å²) >= 11 is 0. The van der Waals surface area contributed by atoms with Gasteiger partial charge in [-0.25, -0.2) is 0 Å². The van der Waals surface area contributed by atoms with Crippen LogP contribution in [0, 0.1) is 17.2 Å². The van der Waals surface area contributed by atoms with Crippen LogP contribution in [0.3, 0.4) is 0 Å². The number of halogens is 2. The third kappa shape index (κ3) is 5.20. The molecule has 0 unspecified atom stereocenters. The van der Waals surface area contributed by atoms with Crippen molar-refractivity contribution in [2.75, 3.05) is 11.9 Å². The Morgan fingerprint density at radius 1 is 1.36 bits per heavy atom. The average Bonchev–Trinajstić information content (AvgIpc) is 2.45. The summed E-state index contributed by atoms with van der Waals surface area (Å²) < 4.78 is 28.3. The first-order valence-corrected chi connectivity index (χ1v) is 6.78. The number of alkyl halides is 2. The monoisotopic (exact) mass is 311 g/mol. The fourth-order valence-corrected chi connectivity index (χ4v) is 1.57. The number of hydrogen-bond acceptors (Lipinski definition) is 4. The van der Waals surface area contributed by atoms with Crippen LogP contribution < -0.4 is 15.4 Å². The van der Waals surface area contributed by atoms with E-state index in [0.717, 1.165) is 0 Å². The molecule has 0 fully saturated rings. The quantitative estimate of drug-likeness (QED) is 0.812. The van der Waals surface area contributed by atoms with E-state index in [4.69, 9.17) is 5.26 Å². The van der Waals surface area contributed by atoms with Gasteiger partial charge in [0.2, 0.25) is 5.91 Å². The topological polar surface area (TPSA) is 74.2 Å². The smallest absolute Gasteiger partial charge is 0.387 e. The molecule has 0 spiro atoms. The molecule has 0 aliphatic heterocycles. The Bertz CT molecular complexity index is 541. The minimum atomic E-state index is -2.87. The third-order valence-electron chi connectivity index (χ3n) is 3.32. The van der Waals surface area contributed by atoms with Crippen molar-refractivity contribution < 1.29 is 18.3 Å². The van der Waals surface area contributed by atoms with Gasteiger partial charge < -0.3 is 15.4 Å². The lowest BCUT2D eigenvalue weighted by atomic mass is 9.90. The molecule has 1 aromatic carbocycles. The number of ether oxygens (including phenoxy) is 1. The maximum atomic E-state index is 12.0. The van der Waals surface area contributed by atoms with Crippen LogP contribution >= 0.6 is 0 Å². The van der Waals surface area contributed by atoms with Gasteiger partial charge in [0.25, 0.3) is 0 Å². The summed E-state index contributed by atoms with van der Waals surface area (Å²) in [6.45, 7) is 2.45. The van der Waals surface area contributed by atoms with E-state index in [9.17, 15) is 13.6 Å². The Morgan fingerprint density at radius 3 is 2.41 bits per heavy atom. The fourth-order valence-electron chi connectivity index (χ4n) is 1.57. The minimum absolute atomic E-state index is 0.0287. The molecule has 0 aromatic heterocycles. The van der Waals surface area contributed by atoms with Crippen LogP contribution in [0.25, 0.3) is 0 Å². The van der Waals surface area contributed by atoms with Gasteiger partial charge in [0.1, 0.15) is 11.3 Å². The minimum Gasteiger partial charge on any atom is -0.435 e. The van der Waals surface area contributed by atoms with Crippen LogP contribution in [0.4, 0.5) is 14.5 Å². The summed E-state index contributed by atoms with van der Waals surface area (Å²) in [7, 11) is 0. The van der Waals surface area contributed by atoms with Gasteiger partial charge in [-0.1, -0.05) is 13.8 Å². The summed E-state index contributed by atoms with van der Waals surface area (Å²) in [5, 5.41) is 14.6. The van der Waals surface area contributed by atoms with Crippen LogP contribution in [-0.2, 0) is 4.79 Å². The predicted molar refractivity (Wildman–Crippen MR) is 78.6 cm³/mol. The number of nitrogens with one attached hydrogen (secondary N) is 2. The number of nitrogens with zero attached hydrogens (tertiary/aromatic N) is 1. The molecule has 1 rings (SSSR count). The first-order valence-electron chi connectivity index (χ1n) is 6.78. The molecular formula is C15H19F2N3O2. The summed E-state index contributed by atoms with van der Waals surface area (Å²) in [4.78, 5) is 11.9. The molecule has 0 aliphatic rings. The number of nitriles is 1. The highest BCUT2D eigenvalue weighted by Gasteiger charge is 2.29. The highest BCUT2D eigenvalue weighted by molar-refractivity contribution is 5.81. The lowest BCUT2D eigenvalue weighted by Gasteiger charge is -2.27. The molecule has 0 aliphatic carbocycles. The van der Waals surface area contributed by atoms with Crippen molar-refractivity contribution in [1.29, 1.82) is 5.26 Å². The zero-order valence-electron chi connectivity index (χ0n) is 12.7.